The molecule has 9 heteroatoms. The van der Waals surface area contributed by atoms with Crippen molar-refractivity contribution in [1.29, 1.82) is 0 Å². The fourth-order valence-electron chi connectivity index (χ4n) is 3.32. The van der Waals surface area contributed by atoms with Crippen molar-refractivity contribution in [3.63, 3.8) is 0 Å². The Kier molecular flexibility index (Phi) is 6.28. The third-order valence-electron chi connectivity index (χ3n) is 4.70. The fourth-order valence-corrected chi connectivity index (χ4v) is 3.32. The summed E-state index contributed by atoms with van der Waals surface area (Å²) in [6.45, 7) is 6.89. The van der Waals surface area contributed by atoms with E-state index in [0.29, 0.717) is 29.6 Å². The van der Waals surface area contributed by atoms with Crippen LogP contribution in [-0.4, -0.2) is 47.8 Å². The number of halogens is 1. The van der Waals surface area contributed by atoms with Crippen LogP contribution in [0.4, 0.5) is 26.6 Å². The Morgan fingerprint density at radius 2 is 2.07 bits per heavy atom. The first kappa shape index (κ1) is 21.6. The Morgan fingerprint density at radius 3 is 2.73 bits per heavy atom. The maximum absolute atomic E-state index is 13.9. The molecule has 30 heavy (non-hydrogen) atoms. The van der Waals surface area contributed by atoms with Gasteiger partial charge in [0.1, 0.15) is 17.2 Å². The van der Waals surface area contributed by atoms with Crippen molar-refractivity contribution >= 4 is 23.5 Å². The Bertz CT molecular complexity index is 915. The predicted molar refractivity (Wildman–Crippen MR) is 116 cm³/mol. The molecule has 4 N–H and O–H groups in total. The monoisotopic (exact) mass is 416 g/mol. The Morgan fingerprint density at radius 1 is 1.30 bits per heavy atom. The second-order valence-corrected chi connectivity index (χ2v) is 8.35. The van der Waals surface area contributed by atoms with E-state index in [1.54, 1.807) is 13.1 Å². The number of nitrogens with one attached hydrogen (secondary N) is 2. The highest BCUT2D eigenvalue weighted by molar-refractivity contribution is 5.69. The molecule has 162 valence electrons. The van der Waals surface area contributed by atoms with Gasteiger partial charge in [0.2, 0.25) is 5.95 Å². The summed E-state index contributed by atoms with van der Waals surface area (Å²) in [5, 5.41) is 5.89. The van der Waals surface area contributed by atoms with E-state index in [2.05, 4.69) is 25.5 Å². The third kappa shape index (κ3) is 5.49. The number of aromatic nitrogens is 2. The Labute approximate surface area is 176 Å². The number of rotatable bonds is 4. The second kappa shape index (κ2) is 8.73. The molecule has 8 nitrogen and oxygen atoms in total. The smallest absolute Gasteiger partial charge is 0.407 e. The van der Waals surface area contributed by atoms with Gasteiger partial charge in [-0.05, 0) is 45.7 Å². The normalized spacial score (nSPS) is 16.8. The molecule has 1 aromatic carbocycles. The number of ether oxygens (including phenoxy) is 1. The average molecular weight is 417 g/mol. The van der Waals surface area contributed by atoms with Crippen molar-refractivity contribution in [2.45, 2.75) is 45.3 Å². The molecule has 1 aromatic heterocycles. The van der Waals surface area contributed by atoms with Gasteiger partial charge in [-0.15, -0.1) is 0 Å². The number of nitrogen functional groups attached to an aromatic ring is 1. The molecule has 1 fully saturated rings. The predicted octanol–water partition coefficient (Wildman–Crippen LogP) is 3.40. The van der Waals surface area contributed by atoms with Crippen LogP contribution in [-0.2, 0) is 4.74 Å². The van der Waals surface area contributed by atoms with Gasteiger partial charge < -0.3 is 26.0 Å². The number of anilines is 3. The number of alkyl carbamates (subject to hydrolysis) is 1. The molecule has 1 saturated heterocycles. The van der Waals surface area contributed by atoms with Gasteiger partial charge in [-0.1, -0.05) is 6.07 Å². The van der Waals surface area contributed by atoms with Crippen LogP contribution in [0, 0.1) is 5.82 Å². The summed E-state index contributed by atoms with van der Waals surface area (Å²) in [5.41, 5.74) is 6.34. The first-order valence-electron chi connectivity index (χ1n) is 10.0. The average Bonchev–Trinajstić information content (AvgIpc) is 2.68. The topological polar surface area (TPSA) is 105 Å². The van der Waals surface area contributed by atoms with Gasteiger partial charge in [0.25, 0.3) is 0 Å². The van der Waals surface area contributed by atoms with E-state index in [0.717, 1.165) is 19.4 Å². The molecule has 0 bridgehead atoms. The Hall–Kier alpha value is -3.10. The van der Waals surface area contributed by atoms with E-state index in [1.807, 2.05) is 26.8 Å². The highest BCUT2D eigenvalue weighted by atomic mass is 19.1. The molecular weight excluding hydrogens is 387 g/mol. The van der Waals surface area contributed by atoms with E-state index < -0.39 is 17.5 Å². The van der Waals surface area contributed by atoms with Gasteiger partial charge in [0.15, 0.2) is 0 Å². The number of hydrogen-bond donors (Lipinski definition) is 3. The quantitative estimate of drug-likeness (QED) is 0.656. The second-order valence-electron chi connectivity index (χ2n) is 8.35. The van der Waals surface area contributed by atoms with Crippen molar-refractivity contribution < 1.29 is 13.9 Å². The van der Waals surface area contributed by atoms with Crippen molar-refractivity contribution in [3.05, 3.63) is 30.1 Å². The Balaban J connectivity index is 1.80. The number of hydrogen-bond acceptors (Lipinski definition) is 7. The van der Waals surface area contributed by atoms with Crippen molar-refractivity contribution in [1.82, 2.24) is 15.3 Å². The molecule has 1 aliphatic heterocycles. The maximum Gasteiger partial charge on any atom is 0.407 e. The number of amides is 1. The fraction of sp³-hybridized carbons (Fsp3) is 0.476. The highest BCUT2D eigenvalue weighted by Gasteiger charge is 2.25. The molecule has 2 aromatic rings. The molecule has 0 radical (unpaired) electrons. The zero-order valence-electron chi connectivity index (χ0n) is 17.8. The molecule has 3 rings (SSSR count). The van der Waals surface area contributed by atoms with Gasteiger partial charge in [0, 0.05) is 37.8 Å². The lowest BCUT2D eigenvalue weighted by atomic mass is 10.1. The summed E-state index contributed by atoms with van der Waals surface area (Å²) in [6.07, 6.45) is 1.33. The van der Waals surface area contributed by atoms with E-state index >= 15 is 0 Å². The van der Waals surface area contributed by atoms with Gasteiger partial charge in [-0.2, -0.15) is 4.98 Å². The maximum atomic E-state index is 13.9. The molecule has 0 spiro atoms. The zero-order valence-corrected chi connectivity index (χ0v) is 17.8. The molecule has 1 atom stereocenters. The van der Waals surface area contributed by atoms with Crippen molar-refractivity contribution in [3.8, 4) is 11.3 Å². The minimum Gasteiger partial charge on any atom is -0.444 e. The number of nitrogens with zero attached hydrogens (tertiary/aromatic N) is 3. The van der Waals surface area contributed by atoms with Gasteiger partial charge in [-0.3, -0.25) is 0 Å². The highest BCUT2D eigenvalue weighted by Crippen LogP contribution is 2.27. The number of carbonyl (C=O) groups is 1. The van der Waals surface area contributed by atoms with Crippen LogP contribution in [0.5, 0.6) is 0 Å². The number of nitrogens with two attached hydrogens (primary N) is 1. The minimum absolute atomic E-state index is 0.0565. The molecule has 1 aliphatic rings. The van der Waals surface area contributed by atoms with Crippen LogP contribution in [0.25, 0.3) is 11.3 Å². The van der Waals surface area contributed by atoms with Crippen molar-refractivity contribution in [2.24, 2.45) is 0 Å². The summed E-state index contributed by atoms with van der Waals surface area (Å²) >= 11 is 0. The van der Waals surface area contributed by atoms with Gasteiger partial charge in [-0.25, -0.2) is 14.2 Å². The lowest BCUT2D eigenvalue weighted by molar-refractivity contribution is 0.0500. The standard InChI is InChI=1S/C21H29FN6O2/c1-21(2,3)30-20(29)25-14-6-5-9-28(12-14)18-11-17(26-19(24-4)27-18)13-7-8-16(23)15(22)10-13/h7-8,10-11,14H,5-6,9,12,23H2,1-4H3,(H,25,29)(H,24,26,27)/t14-/m1/s1. The minimum atomic E-state index is -0.546. The van der Waals surface area contributed by atoms with Crippen LogP contribution in [0.2, 0.25) is 0 Å². The van der Waals surface area contributed by atoms with E-state index in [1.165, 1.54) is 12.1 Å². The summed E-state index contributed by atoms with van der Waals surface area (Å²) in [6, 6.07) is 6.38. The molecule has 0 saturated carbocycles. The van der Waals surface area contributed by atoms with E-state index in [4.69, 9.17) is 10.5 Å². The summed E-state index contributed by atoms with van der Waals surface area (Å²) in [4.78, 5) is 23.2. The number of benzene rings is 1. The molecule has 0 aliphatic carbocycles. The lowest BCUT2D eigenvalue weighted by Crippen LogP contribution is -2.49. The van der Waals surface area contributed by atoms with Crippen molar-refractivity contribution in [2.75, 3.05) is 36.1 Å². The van der Waals surface area contributed by atoms with Gasteiger partial charge in [0.05, 0.1) is 11.4 Å². The summed E-state index contributed by atoms with van der Waals surface area (Å²) in [7, 11) is 1.73. The van der Waals surface area contributed by atoms with Crippen LogP contribution in [0.1, 0.15) is 33.6 Å². The first-order valence-corrected chi connectivity index (χ1v) is 10.0. The van der Waals surface area contributed by atoms with Crippen LogP contribution >= 0.6 is 0 Å². The molecule has 1 amide bonds. The SMILES string of the molecule is CNc1nc(-c2ccc(N)c(F)c2)cc(N2CCC[C@@H](NC(=O)OC(C)(C)C)C2)n1. The lowest BCUT2D eigenvalue weighted by Gasteiger charge is -2.34. The summed E-state index contributed by atoms with van der Waals surface area (Å²) < 4.78 is 19.3. The number of piperidine rings is 1. The summed E-state index contributed by atoms with van der Waals surface area (Å²) in [5.74, 6) is 0.650. The van der Waals surface area contributed by atoms with E-state index in [9.17, 15) is 9.18 Å². The molecule has 2 heterocycles. The van der Waals surface area contributed by atoms with E-state index in [-0.39, 0.29) is 11.7 Å². The molecular formula is C21H29FN6O2. The number of carbonyl (C=O) groups excluding carboxylic acids is 1. The largest absolute Gasteiger partial charge is 0.444 e. The van der Waals surface area contributed by atoms with Gasteiger partial charge >= 0.3 is 6.09 Å². The van der Waals surface area contributed by atoms with Crippen LogP contribution < -0.4 is 21.3 Å². The zero-order chi connectivity index (χ0) is 21.9. The molecule has 0 unspecified atom stereocenters. The van der Waals surface area contributed by atoms with Crippen LogP contribution in [0.15, 0.2) is 24.3 Å². The third-order valence-corrected chi connectivity index (χ3v) is 4.70. The first-order chi connectivity index (χ1) is 14.1. The van der Waals surface area contributed by atoms with Crippen LogP contribution in [0.3, 0.4) is 0 Å².